The summed E-state index contributed by atoms with van der Waals surface area (Å²) in [5.74, 6) is 1.35. The first-order valence-electron chi connectivity index (χ1n) is 6.56. The van der Waals surface area contributed by atoms with Gasteiger partial charge in [-0.2, -0.15) is 4.98 Å². The third kappa shape index (κ3) is 3.57. The lowest BCUT2D eigenvalue weighted by Crippen LogP contribution is -2.31. The van der Waals surface area contributed by atoms with Crippen LogP contribution in [0.2, 0.25) is 0 Å². The zero-order valence-electron chi connectivity index (χ0n) is 11.1. The number of methoxy groups -OCH3 is 1. The molecule has 100 valence electrons. The molecule has 1 heterocycles. The molecule has 0 spiro atoms. The Hall–Kier alpha value is -1.36. The van der Waals surface area contributed by atoms with Gasteiger partial charge in [0.05, 0.1) is 25.1 Å². The summed E-state index contributed by atoms with van der Waals surface area (Å²) in [6.07, 6.45) is 8.25. The SMILES string of the molecule is CCOc1cncc(NC2CCCC(OC)C2)n1. The Morgan fingerprint density at radius 3 is 3.06 bits per heavy atom. The quantitative estimate of drug-likeness (QED) is 0.869. The molecule has 0 saturated heterocycles. The Labute approximate surface area is 108 Å². The van der Waals surface area contributed by atoms with Crippen LogP contribution in [0.4, 0.5) is 5.82 Å². The van der Waals surface area contributed by atoms with Gasteiger partial charge in [0.1, 0.15) is 5.82 Å². The molecule has 1 aliphatic carbocycles. The van der Waals surface area contributed by atoms with Gasteiger partial charge >= 0.3 is 0 Å². The third-order valence-electron chi connectivity index (χ3n) is 3.22. The summed E-state index contributed by atoms with van der Waals surface area (Å²) in [5.41, 5.74) is 0. The Morgan fingerprint density at radius 1 is 1.39 bits per heavy atom. The Kier molecular flexibility index (Phi) is 4.75. The molecule has 1 saturated carbocycles. The lowest BCUT2D eigenvalue weighted by atomic mass is 9.93. The van der Waals surface area contributed by atoms with Gasteiger partial charge in [0.2, 0.25) is 5.88 Å². The highest BCUT2D eigenvalue weighted by Crippen LogP contribution is 2.23. The van der Waals surface area contributed by atoms with E-state index in [0.717, 1.165) is 25.1 Å². The van der Waals surface area contributed by atoms with Crippen molar-refractivity contribution in [1.82, 2.24) is 9.97 Å². The summed E-state index contributed by atoms with van der Waals surface area (Å²) < 4.78 is 10.8. The molecule has 0 amide bonds. The molecular weight excluding hydrogens is 230 g/mol. The van der Waals surface area contributed by atoms with Crippen LogP contribution in [0.25, 0.3) is 0 Å². The van der Waals surface area contributed by atoms with Gasteiger partial charge < -0.3 is 14.8 Å². The summed E-state index contributed by atoms with van der Waals surface area (Å²) in [6, 6.07) is 0.412. The number of nitrogens with one attached hydrogen (secondary N) is 1. The fraction of sp³-hybridized carbons (Fsp3) is 0.692. The monoisotopic (exact) mass is 251 g/mol. The molecule has 2 atom stereocenters. The topological polar surface area (TPSA) is 56.3 Å². The van der Waals surface area contributed by atoms with Crippen molar-refractivity contribution in [3.63, 3.8) is 0 Å². The minimum Gasteiger partial charge on any atom is -0.477 e. The molecular formula is C13H21N3O2. The van der Waals surface area contributed by atoms with E-state index in [-0.39, 0.29) is 0 Å². The smallest absolute Gasteiger partial charge is 0.234 e. The number of aromatic nitrogens is 2. The standard InChI is InChI=1S/C13H21N3O2/c1-3-18-13-9-14-8-12(16-13)15-10-5-4-6-11(7-10)17-2/h8-11H,3-7H2,1-2H3,(H,15,16). The first-order chi connectivity index (χ1) is 8.81. The Balaban J connectivity index is 1.93. The number of anilines is 1. The van der Waals surface area contributed by atoms with E-state index in [4.69, 9.17) is 9.47 Å². The maximum atomic E-state index is 5.42. The highest BCUT2D eigenvalue weighted by Gasteiger charge is 2.21. The van der Waals surface area contributed by atoms with Crippen LogP contribution in [0.1, 0.15) is 32.6 Å². The minimum atomic E-state index is 0.360. The number of hydrogen-bond acceptors (Lipinski definition) is 5. The fourth-order valence-corrected chi connectivity index (χ4v) is 2.33. The van der Waals surface area contributed by atoms with Crippen molar-refractivity contribution >= 4 is 5.82 Å². The van der Waals surface area contributed by atoms with Crippen LogP contribution >= 0.6 is 0 Å². The number of rotatable bonds is 5. The first-order valence-corrected chi connectivity index (χ1v) is 6.56. The van der Waals surface area contributed by atoms with Gasteiger partial charge in [-0.15, -0.1) is 0 Å². The van der Waals surface area contributed by atoms with Gasteiger partial charge in [0, 0.05) is 13.2 Å². The van der Waals surface area contributed by atoms with Crippen molar-refractivity contribution in [2.75, 3.05) is 19.0 Å². The van der Waals surface area contributed by atoms with Crippen molar-refractivity contribution in [2.45, 2.75) is 44.8 Å². The zero-order valence-corrected chi connectivity index (χ0v) is 11.1. The van der Waals surface area contributed by atoms with Crippen LogP contribution in [0.5, 0.6) is 5.88 Å². The summed E-state index contributed by atoms with van der Waals surface area (Å²) in [5, 5.41) is 3.41. The largest absolute Gasteiger partial charge is 0.477 e. The first kappa shape index (κ1) is 13.1. The van der Waals surface area contributed by atoms with Crippen LogP contribution in [0, 0.1) is 0 Å². The van der Waals surface area contributed by atoms with Crippen molar-refractivity contribution in [1.29, 1.82) is 0 Å². The number of nitrogens with zero attached hydrogens (tertiary/aromatic N) is 2. The molecule has 2 rings (SSSR count). The van der Waals surface area contributed by atoms with E-state index >= 15 is 0 Å². The van der Waals surface area contributed by atoms with E-state index in [9.17, 15) is 0 Å². The maximum Gasteiger partial charge on any atom is 0.234 e. The van der Waals surface area contributed by atoms with Crippen molar-refractivity contribution in [3.05, 3.63) is 12.4 Å². The van der Waals surface area contributed by atoms with E-state index in [0.29, 0.717) is 24.6 Å². The molecule has 18 heavy (non-hydrogen) atoms. The molecule has 0 aromatic carbocycles. The van der Waals surface area contributed by atoms with E-state index in [1.165, 1.54) is 6.42 Å². The van der Waals surface area contributed by atoms with Crippen molar-refractivity contribution < 1.29 is 9.47 Å². The van der Waals surface area contributed by atoms with E-state index in [1.807, 2.05) is 6.92 Å². The molecule has 1 N–H and O–H groups in total. The molecule has 5 nitrogen and oxygen atoms in total. The molecule has 0 bridgehead atoms. The molecule has 1 aliphatic rings. The predicted octanol–water partition coefficient (Wildman–Crippen LogP) is 2.24. The van der Waals surface area contributed by atoms with Crippen LogP contribution in [0.3, 0.4) is 0 Å². The maximum absolute atomic E-state index is 5.42. The van der Waals surface area contributed by atoms with Gasteiger partial charge in [0.15, 0.2) is 0 Å². The van der Waals surface area contributed by atoms with Gasteiger partial charge in [-0.25, -0.2) is 0 Å². The highest BCUT2D eigenvalue weighted by molar-refractivity contribution is 5.34. The predicted molar refractivity (Wildman–Crippen MR) is 69.9 cm³/mol. The van der Waals surface area contributed by atoms with E-state index < -0.39 is 0 Å². The number of ether oxygens (including phenoxy) is 2. The minimum absolute atomic E-state index is 0.360. The second kappa shape index (κ2) is 6.54. The summed E-state index contributed by atoms with van der Waals surface area (Å²) in [6.45, 7) is 2.54. The molecule has 1 aromatic heterocycles. The molecule has 5 heteroatoms. The molecule has 1 aromatic rings. The molecule has 1 fully saturated rings. The third-order valence-corrected chi connectivity index (χ3v) is 3.22. The average Bonchev–Trinajstić information content (AvgIpc) is 2.40. The van der Waals surface area contributed by atoms with Gasteiger partial charge in [-0.1, -0.05) is 0 Å². The Morgan fingerprint density at radius 2 is 2.28 bits per heavy atom. The summed E-state index contributed by atoms with van der Waals surface area (Å²) in [4.78, 5) is 8.50. The summed E-state index contributed by atoms with van der Waals surface area (Å²) in [7, 11) is 1.78. The lowest BCUT2D eigenvalue weighted by molar-refractivity contribution is 0.0669. The highest BCUT2D eigenvalue weighted by atomic mass is 16.5. The van der Waals surface area contributed by atoms with Crippen LogP contribution < -0.4 is 10.1 Å². The second-order valence-corrected chi connectivity index (χ2v) is 4.54. The van der Waals surface area contributed by atoms with Crippen LogP contribution in [0.15, 0.2) is 12.4 Å². The van der Waals surface area contributed by atoms with Gasteiger partial charge in [0.25, 0.3) is 0 Å². The normalized spacial score (nSPS) is 23.7. The van der Waals surface area contributed by atoms with Gasteiger partial charge in [-0.05, 0) is 32.6 Å². The molecule has 0 aliphatic heterocycles. The zero-order chi connectivity index (χ0) is 12.8. The number of hydrogen-bond donors (Lipinski definition) is 1. The Bertz CT molecular complexity index is 373. The van der Waals surface area contributed by atoms with Crippen molar-refractivity contribution in [2.24, 2.45) is 0 Å². The molecule has 0 radical (unpaired) electrons. The molecule has 2 unspecified atom stereocenters. The van der Waals surface area contributed by atoms with Crippen molar-refractivity contribution in [3.8, 4) is 5.88 Å². The fourth-order valence-electron chi connectivity index (χ4n) is 2.33. The van der Waals surface area contributed by atoms with Gasteiger partial charge in [-0.3, -0.25) is 4.98 Å². The van der Waals surface area contributed by atoms with E-state index in [1.54, 1.807) is 19.5 Å². The summed E-state index contributed by atoms with van der Waals surface area (Å²) >= 11 is 0. The van der Waals surface area contributed by atoms with Crippen LogP contribution in [-0.4, -0.2) is 35.8 Å². The lowest BCUT2D eigenvalue weighted by Gasteiger charge is -2.29. The average molecular weight is 251 g/mol. The second-order valence-electron chi connectivity index (χ2n) is 4.54. The van der Waals surface area contributed by atoms with E-state index in [2.05, 4.69) is 15.3 Å². The van der Waals surface area contributed by atoms with Crippen LogP contribution in [-0.2, 0) is 4.74 Å².